The number of nitrogens with zero attached hydrogens (tertiary/aromatic N) is 3. The van der Waals surface area contributed by atoms with Gasteiger partial charge in [0.25, 0.3) is 0 Å². The van der Waals surface area contributed by atoms with E-state index in [2.05, 4.69) is 20.9 Å². The summed E-state index contributed by atoms with van der Waals surface area (Å²) in [7, 11) is 0. The molecule has 8 nitrogen and oxygen atoms in total. The molecule has 1 aromatic heterocycles. The van der Waals surface area contributed by atoms with E-state index < -0.39 is 18.0 Å². The van der Waals surface area contributed by atoms with Crippen LogP contribution in [0.15, 0.2) is 12.4 Å². The number of hydrogen-bond donors (Lipinski definition) is 3. The number of rotatable bonds is 9. The molecular weight excluding hydrogens is 282 g/mol. The lowest BCUT2D eigenvalue weighted by molar-refractivity contribution is -0.139. The highest BCUT2D eigenvalue weighted by Crippen LogP contribution is 2.00. The summed E-state index contributed by atoms with van der Waals surface area (Å²) in [5.41, 5.74) is 0. The first-order valence-corrected chi connectivity index (χ1v) is 7.63. The number of carboxylic acids is 1. The van der Waals surface area contributed by atoms with Gasteiger partial charge in [-0.1, -0.05) is 5.21 Å². The van der Waals surface area contributed by atoms with Crippen LogP contribution in [0.25, 0.3) is 0 Å². The number of carbonyl (C=O) groups excluding carboxylic acids is 1. The second-order valence-corrected chi connectivity index (χ2v) is 5.08. The topological polar surface area (TPSA) is 109 Å². The van der Waals surface area contributed by atoms with E-state index in [4.69, 9.17) is 5.11 Å². The highest BCUT2D eigenvalue weighted by molar-refractivity contribution is 7.98. The molecule has 0 aliphatic heterocycles. The van der Waals surface area contributed by atoms with E-state index >= 15 is 0 Å². The highest BCUT2D eigenvalue weighted by Gasteiger charge is 2.18. The quantitative estimate of drug-likeness (QED) is 0.561. The third-order valence-corrected chi connectivity index (χ3v) is 3.18. The van der Waals surface area contributed by atoms with E-state index in [9.17, 15) is 9.59 Å². The monoisotopic (exact) mass is 301 g/mol. The van der Waals surface area contributed by atoms with Gasteiger partial charge < -0.3 is 15.7 Å². The summed E-state index contributed by atoms with van der Waals surface area (Å²) in [5, 5.41) is 21.5. The molecule has 2 amide bonds. The van der Waals surface area contributed by atoms with Crippen molar-refractivity contribution in [3.8, 4) is 0 Å². The molecular formula is C11H19N5O3S. The number of nitrogens with one attached hydrogen (secondary N) is 2. The van der Waals surface area contributed by atoms with Gasteiger partial charge in [-0.15, -0.1) is 5.10 Å². The van der Waals surface area contributed by atoms with Gasteiger partial charge in [0.1, 0.15) is 6.04 Å². The molecule has 3 N–H and O–H groups in total. The van der Waals surface area contributed by atoms with Gasteiger partial charge in [-0.2, -0.15) is 11.8 Å². The molecule has 0 saturated heterocycles. The van der Waals surface area contributed by atoms with Crippen molar-refractivity contribution in [2.24, 2.45) is 0 Å². The van der Waals surface area contributed by atoms with Crippen molar-refractivity contribution in [3.63, 3.8) is 0 Å². The van der Waals surface area contributed by atoms with Gasteiger partial charge >= 0.3 is 12.0 Å². The maximum Gasteiger partial charge on any atom is 0.326 e. The maximum absolute atomic E-state index is 11.6. The van der Waals surface area contributed by atoms with Crippen LogP contribution in [0.5, 0.6) is 0 Å². The van der Waals surface area contributed by atoms with Crippen LogP contribution in [0.4, 0.5) is 4.79 Å². The van der Waals surface area contributed by atoms with E-state index in [1.807, 2.05) is 6.26 Å². The van der Waals surface area contributed by atoms with Gasteiger partial charge in [0.05, 0.1) is 6.20 Å². The average Bonchev–Trinajstić information content (AvgIpc) is 2.92. The minimum Gasteiger partial charge on any atom is -0.480 e. The van der Waals surface area contributed by atoms with Crippen LogP contribution in [0.2, 0.25) is 0 Å². The summed E-state index contributed by atoms with van der Waals surface area (Å²) in [6, 6.07) is -1.31. The molecule has 0 fully saturated rings. The smallest absolute Gasteiger partial charge is 0.326 e. The third kappa shape index (κ3) is 6.41. The third-order valence-electron chi connectivity index (χ3n) is 2.54. The Morgan fingerprint density at radius 2 is 2.30 bits per heavy atom. The van der Waals surface area contributed by atoms with Crippen LogP contribution in [-0.2, 0) is 11.3 Å². The molecule has 112 valence electrons. The molecule has 1 heterocycles. The Morgan fingerprint density at radius 3 is 2.90 bits per heavy atom. The van der Waals surface area contributed by atoms with Crippen LogP contribution in [0, 0.1) is 0 Å². The van der Waals surface area contributed by atoms with E-state index in [1.54, 1.807) is 28.8 Å². The zero-order valence-electron chi connectivity index (χ0n) is 11.3. The lowest BCUT2D eigenvalue weighted by atomic mass is 10.2. The fourth-order valence-electron chi connectivity index (χ4n) is 1.50. The molecule has 0 radical (unpaired) electrons. The van der Waals surface area contributed by atoms with Gasteiger partial charge in [0.2, 0.25) is 0 Å². The number of aromatic nitrogens is 3. The Hall–Kier alpha value is -1.77. The number of urea groups is 1. The van der Waals surface area contributed by atoms with Crippen LogP contribution < -0.4 is 10.6 Å². The molecule has 0 aliphatic rings. The summed E-state index contributed by atoms with van der Waals surface area (Å²) in [6.45, 7) is 1.09. The minimum absolute atomic E-state index is 0.406. The zero-order valence-corrected chi connectivity index (χ0v) is 12.1. The summed E-state index contributed by atoms with van der Waals surface area (Å²) in [4.78, 5) is 22.5. The number of aliphatic carboxylic acids is 1. The highest BCUT2D eigenvalue weighted by atomic mass is 32.2. The van der Waals surface area contributed by atoms with Crippen molar-refractivity contribution < 1.29 is 14.7 Å². The minimum atomic E-state index is -1.02. The summed E-state index contributed by atoms with van der Waals surface area (Å²) < 4.78 is 1.66. The molecule has 0 saturated carbocycles. The van der Waals surface area contributed by atoms with Crippen LogP contribution >= 0.6 is 11.8 Å². The zero-order chi connectivity index (χ0) is 14.8. The SMILES string of the molecule is CSCC[C@@H](NC(=O)NCCCn1ccnn1)C(=O)O. The second kappa shape index (κ2) is 9.18. The summed E-state index contributed by atoms with van der Waals surface area (Å²) in [6.07, 6.45) is 6.32. The van der Waals surface area contributed by atoms with E-state index in [1.165, 1.54) is 0 Å². The Bertz CT molecular complexity index is 412. The molecule has 0 aliphatic carbocycles. The van der Waals surface area contributed by atoms with E-state index in [0.29, 0.717) is 31.7 Å². The van der Waals surface area contributed by atoms with Crippen molar-refractivity contribution in [1.82, 2.24) is 25.6 Å². The lowest BCUT2D eigenvalue weighted by Crippen LogP contribution is -2.46. The van der Waals surface area contributed by atoms with Gasteiger partial charge in [0, 0.05) is 19.3 Å². The fourth-order valence-corrected chi connectivity index (χ4v) is 1.97. The first-order valence-electron chi connectivity index (χ1n) is 6.23. The first-order chi connectivity index (χ1) is 9.63. The predicted molar refractivity (Wildman–Crippen MR) is 75.6 cm³/mol. The van der Waals surface area contributed by atoms with Crippen LogP contribution in [0.1, 0.15) is 12.8 Å². The molecule has 0 spiro atoms. The van der Waals surface area contributed by atoms with Gasteiger partial charge in [-0.25, -0.2) is 9.59 Å². The van der Waals surface area contributed by atoms with Crippen LogP contribution in [-0.4, -0.2) is 56.7 Å². The maximum atomic E-state index is 11.6. The van der Waals surface area contributed by atoms with Gasteiger partial charge in [0.15, 0.2) is 0 Å². The molecule has 20 heavy (non-hydrogen) atoms. The van der Waals surface area contributed by atoms with Crippen molar-refractivity contribution in [2.45, 2.75) is 25.4 Å². The van der Waals surface area contributed by atoms with Crippen molar-refractivity contribution in [1.29, 1.82) is 0 Å². The average molecular weight is 301 g/mol. The predicted octanol–water partition coefficient (Wildman–Crippen LogP) is 0.174. The fraction of sp³-hybridized carbons (Fsp3) is 0.636. The number of thioether (sulfide) groups is 1. The van der Waals surface area contributed by atoms with Gasteiger partial charge in [-0.3, -0.25) is 4.68 Å². The normalized spacial score (nSPS) is 11.8. The summed E-state index contributed by atoms with van der Waals surface area (Å²) >= 11 is 1.54. The number of carbonyl (C=O) groups is 2. The van der Waals surface area contributed by atoms with E-state index in [0.717, 1.165) is 0 Å². The lowest BCUT2D eigenvalue weighted by Gasteiger charge is -2.14. The molecule has 1 rings (SSSR count). The van der Waals surface area contributed by atoms with E-state index in [-0.39, 0.29) is 0 Å². The number of hydrogen-bond acceptors (Lipinski definition) is 5. The molecule has 0 bridgehead atoms. The Labute approximate surface area is 121 Å². The molecule has 0 aromatic carbocycles. The molecule has 9 heteroatoms. The number of carboxylic acid groups (broad SMARTS) is 1. The number of aryl methyl sites for hydroxylation is 1. The second-order valence-electron chi connectivity index (χ2n) is 4.09. The van der Waals surface area contributed by atoms with Crippen molar-refractivity contribution in [3.05, 3.63) is 12.4 Å². The molecule has 0 unspecified atom stereocenters. The standard InChI is InChI=1S/C11H19N5O3S/c1-20-8-3-9(10(17)18)14-11(19)12-4-2-6-16-7-5-13-15-16/h5,7,9H,2-4,6,8H2,1H3,(H,17,18)(H2,12,14,19)/t9-/m1/s1. The molecule has 1 aromatic rings. The van der Waals surface area contributed by atoms with Gasteiger partial charge in [-0.05, 0) is 24.9 Å². The number of amides is 2. The Morgan fingerprint density at radius 1 is 1.50 bits per heavy atom. The molecule has 1 atom stereocenters. The summed E-state index contributed by atoms with van der Waals surface area (Å²) in [5.74, 6) is -0.333. The largest absolute Gasteiger partial charge is 0.480 e. The van der Waals surface area contributed by atoms with Crippen molar-refractivity contribution >= 4 is 23.8 Å². The first kappa shape index (κ1) is 16.3. The van der Waals surface area contributed by atoms with Crippen LogP contribution in [0.3, 0.4) is 0 Å². The van der Waals surface area contributed by atoms with Crippen molar-refractivity contribution in [2.75, 3.05) is 18.6 Å². The Balaban J connectivity index is 2.18. The Kier molecular flexibility index (Phi) is 7.48.